The highest BCUT2D eigenvalue weighted by Gasteiger charge is 2.40. The number of benzene rings is 2. The van der Waals surface area contributed by atoms with Crippen LogP contribution in [0, 0.1) is 23.0 Å². The van der Waals surface area contributed by atoms with Gasteiger partial charge in [0.1, 0.15) is 29.4 Å². The molecule has 1 aromatic heterocycles. The molecule has 4 saturated heterocycles. The smallest absolute Gasteiger partial charge is 0.318 e. The van der Waals surface area contributed by atoms with Crippen LogP contribution in [0.15, 0.2) is 34.7 Å². The predicted molar refractivity (Wildman–Crippen MR) is 171 cm³/mol. The van der Waals surface area contributed by atoms with Gasteiger partial charge in [0.25, 0.3) is 0 Å². The number of hydrogen-bond acceptors (Lipinski definition) is 9. The number of fused-ring (bicyclic) bond motifs is 2. The summed E-state index contributed by atoms with van der Waals surface area (Å²) in [6.45, 7) is 7.93. The van der Waals surface area contributed by atoms with Crippen molar-refractivity contribution < 1.29 is 17.9 Å². The van der Waals surface area contributed by atoms with Crippen molar-refractivity contribution in [3.8, 4) is 23.2 Å². The molecule has 2 unspecified atom stereocenters. The molecule has 3 aromatic rings. The maximum atomic E-state index is 16.2. The van der Waals surface area contributed by atoms with Crippen molar-refractivity contribution >= 4 is 40.1 Å². The highest BCUT2D eigenvalue weighted by molar-refractivity contribution is 8.03. The normalized spacial score (nSPS) is 22.0. The molecule has 2 aromatic carbocycles. The lowest BCUT2D eigenvalue weighted by Crippen LogP contribution is -2.62. The fourth-order valence-electron chi connectivity index (χ4n) is 6.93. The molecule has 7 rings (SSSR count). The van der Waals surface area contributed by atoms with Crippen molar-refractivity contribution in [1.29, 1.82) is 5.26 Å². The Hall–Kier alpha value is -3.24. The number of thioether (sulfide) groups is 1. The Morgan fingerprint density at radius 1 is 1.24 bits per heavy atom. The SMILES string of the molecule is C=C(N)Sc1c(F)ccc(-c2c(Cl)cc3c(N4CCC5(CCN5)CC4)nc(OC)nc3c2F)c1C#N.FC1CC2CCCN2C1. The molecule has 0 bridgehead atoms. The van der Waals surface area contributed by atoms with Crippen molar-refractivity contribution in [3.05, 3.63) is 52.0 Å². The van der Waals surface area contributed by atoms with Gasteiger partial charge in [0.05, 0.1) is 27.6 Å². The third-order valence-electron chi connectivity index (χ3n) is 9.33. The van der Waals surface area contributed by atoms with E-state index in [0.717, 1.165) is 69.7 Å². The van der Waals surface area contributed by atoms with E-state index in [9.17, 15) is 14.0 Å². The Labute approximate surface area is 269 Å². The number of alkyl halides is 1. The largest absolute Gasteiger partial charge is 0.467 e. The fraction of sp³-hybridized carbons (Fsp3) is 0.469. The van der Waals surface area contributed by atoms with Gasteiger partial charge in [0, 0.05) is 47.7 Å². The van der Waals surface area contributed by atoms with Crippen LogP contribution < -0.4 is 20.7 Å². The fourth-order valence-corrected chi connectivity index (χ4v) is 7.90. The van der Waals surface area contributed by atoms with Gasteiger partial charge in [-0.1, -0.05) is 29.9 Å². The average molecular weight is 658 g/mol. The topological polar surface area (TPSA) is 103 Å². The van der Waals surface area contributed by atoms with E-state index in [4.69, 9.17) is 22.1 Å². The minimum absolute atomic E-state index is 0.00367. The van der Waals surface area contributed by atoms with Crippen LogP contribution >= 0.6 is 23.4 Å². The van der Waals surface area contributed by atoms with Gasteiger partial charge >= 0.3 is 6.01 Å². The van der Waals surface area contributed by atoms with Crippen LogP contribution in [-0.4, -0.2) is 72.5 Å². The predicted octanol–water partition coefficient (Wildman–Crippen LogP) is 6.16. The second-order valence-electron chi connectivity index (χ2n) is 12.0. The Kier molecular flexibility index (Phi) is 9.07. The molecule has 4 fully saturated rings. The first-order valence-electron chi connectivity index (χ1n) is 15.1. The third kappa shape index (κ3) is 6.15. The zero-order valence-corrected chi connectivity index (χ0v) is 26.6. The molecule has 8 nitrogen and oxygen atoms in total. The first-order chi connectivity index (χ1) is 21.6. The molecule has 13 heteroatoms. The highest BCUT2D eigenvalue weighted by atomic mass is 35.5. The van der Waals surface area contributed by atoms with Gasteiger partial charge in [0.15, 0.2) is 5.82 Å². The van der Waals surface area contributed by atoms with Crippen LogP contribution in [-0.2, 0) is 0 Å². The zero-order valence-electron chi connectivity index (χ0n) is 25.0. The average Bonchev–Trinajstić information content (AvgIpc) is 3.59. The van der Waals surface area contributed by atoms with Gasteiger partial charge in [-0.05, 0) is 69.8 Å². The molecule has 238 valence electrons. The summed E-state index contributed by atoms with van der Waals surface area (Å²) in [4.78, 5) is 13.1. The minimum atomic E-state index is -0.751. The van der Waals surface area contributed by atoms with Gasteiger partial charge < -0.3 is 20.7 Å². The van der Waals surface area contributed by atoms with Gasteiger partial charge in [-0.2, -0.15) is 15.2 Å². The van der Waals surface area contributed by atoms with Crippen LogP contribution in [0.4, 0.5) is 19.0 Å². The molecule has 0 saturated carbocycles. The summed E-state index contributed by atoms with van der Waals surface area (Å²) in [5, 5.41) is 13.9. The van der Waals surface area contributed by atoms with Crippen molar-refractivity contribution in [1.82, 2.24) is 20.2 Å². The molecule has 4 aliphatic heterocycles. The molecule has 4 aliphatic rings. The Bertz CT molecular complexity index is 1660. The Morgan fingerprint density at radius 2 is 2.00 bits per heavy atom. The summed E-state index contributed by atoms with van der Waals surface area (Å²) in [7, 11) is 1.42. The van der Waals surface area contributed by atoms with Crippen LogP contribution in [0.1, 0.15) is 44.1 Å². The quantitative estimate of drug-likeness (QED) is 0.313. The number of piperidine rings is 1. The van der Waals surface area contributed by atoms with E-state index in [1.807, 2.05) is 6.07 Å². The monoisotopic (exact) mass is 657 g/mol. The van der Waals surface area contributed by atoms with Gasteiger partial charge in [-0.3, -0.25) is 4.90 Å². The first kappa shape index (κ1) is 31.7. The number of nitrogens with two attached hydrogens (primary N) is 1. The van der Waals surface area contributed by atoms with Crippen molar-refractivity contribution in [2.24, 2.45) is 5.73 Å². The number of halogens is 4. The lowest BCUT2D eigenvalue weighted by molar-refractivity contribution is 0.163. The zero-order chi connectivity index (χ0) is 31.9. The van der Waals surface area contributed by atoms with E-state index in [2.05, 4.69) is 31.7 Å². The lowest BCUT2D eigenvalue weighted by atomic mass is 9.79. The number of nitrogens with one attached hydrogen (secondary N) is 1. The van der Waals surface area contributed by atoms with E-state index in [1.165, 1.54) is 26.0 Å². The van der Waals surface area contributed by atoms with Gasteiger partial charge in [-0.25, -0.2) is 13.2 Å². The number of ether oxygens (including phenoxy) is 1. The number of aromatic nitrogens is 2. The summed E-state index contributed by atoms with van der Waals surface area (Å²) in [6.07, 6.45) is 5.86. The number of rotatable bonds is 5. The lowest BCUT2D eigenvalue weighted by Gasteiger charge is -2.49. The molecule has 2 atom stereocenters. The number of anilines is 1. The van der Waals surface area contributed by atoms with E-state index >= 15 is 4.39 Å². The molecule has 1 spiro atoms. The first-order valence-corrected chi connectivity index (χ1v) is 16.3. The van der Waals surface area contributed by atoms with E-state index in [0.29, 0.717) is 23.8 Å². The van der Waals surface area contributed by atoms with Crippen molar-refractivity contribution in [2.45, 2.75) is 61.2 Å². The van der Waals surface area contributed by atoms with Crippen LogP contribution in [0.25, 0.3) is 22.0 Å². The molecule has 0 amide bonds. The summed E-state index contributed by atoms with van der Waals surface area (Å²) in [6, 6.07) is 6.65. The summed E-state index contributed by atoms with van der Waals surface area (Å²) < 4.78 is 48.6. The number of hydrogen-bond donors (Lipinski definition) is 2. The maximum absolute atomic E-state index is 16.2. The molecule has 45 heavy (non-hydrogen) atoms. The molecule has 0 aliphatic carbocycles. The standard InChI is InChI=1S/C25H23ClF2N6OS.C7H12FN/c1-13(30)36-22-16(12-29)14(3-4-18(22)27)19-17(26)11-15-21(20(19)28)32-24(35-2)33-23(15)34-9-6-25(7-10-34)5-8-31-25;8-6-4-7-2-1-3-9(7)5-6/h3-4,11,31H,1,5-10,30H2,2H3;6-7H,1-5H2. The third-order valence-corrected chi connectivity index (χ3v) is 10.5. The highest BCUT2D eigenvalue weighted by Crippen LogP contribution is 2.43. The Balaban J connectivity index is 0.000000337. The second kappa shape index (κ2) is 12.9. The number of nitriles is 1. The van der Waals surface area contributed by atoms with E-state index in [-0.39, 0.29) is 48.7 Å². The van der Waals surface area contributed by atoms with Crippen molar-refractivity contribution in [3.63, 3.8) is 0 Å². The second-order valence-corrected chi connectivity index (χ2v) is 13.6. The molecular formula is C32H35ClF3N7OS. The van der Waals surface area contributed by atoms with E-state index in [1.54, 1.807) is 6.07 Å². The molecular weight excluding hydrogens is 623 g/mol. The molecule has 0 radical (unpaired) electrons. The number of nitrogens with zero attached hydrogens (tertiary/aromatic N) is 5. The maximum Gasteiger partial charge on any atom is 0.318 e. The number of methoxy groups -OCH3 is 1. The van der Waals surface area contributed by atoms with Crippen LogP contribution in [0.3, 0.4) is 0 Å². The Morgan fingerprint density at radius 3 is 2.62 bits per heavy atom. The molecule has 5 heterocycles. The van der Waals surface area contributed by atoms with Crippen LogP contribution in [0.2, 0.25) is 5.02 Å². The summed E-state index contributed by atoms with van der Waals surface area (Å²) in [5.41, 5.74) is 5.80. The van der Waals surface area contributed by atoms with Gasteiger partial charge in [-0.15, -0.1) is 0 Å². The van der Waals surface area contributed by atoms with E-state index < -0.39 is 17.8 Å². The van der Waals surface area contributed by atoms with Gasteiger partial charge in [0.2, 0.25) is 0 Å². The summed E-state index contributed by atoms with van der Waals surface area (Å²) >= 11 is 7.42. The van der Waals surface area contributed by atoms with Crippen molar-refractivity contribution in [2.75, 3.05) is 44.7 Å². The van der Waals surface area contributed by atoms with Crippen LogP contribution in [0.5, 0.6) is 6.01 Å². The summed E-state index contributed by atoms with van der Waals surface area (Å²) in [5.74, 6) is -0.882. The molecule has 3 N–H and O–H groups in total. The minimum Gasteiger partial charge on any atom is -0.467 e.